The third-order valence-electron chi connectivity index (χ3n) is 2.23. The highest BCUT2D eigenvalue weighted by Crippen LogP contribution is 2.17. The third-order valence-corrected chi connectivity index (χ3v) is 2.69. The predicted octanol–water partition coefficient (Wildman–Crippen LogP) is 2.26. The number of aliphatic hydroxyl groups is 2. The number of halogens is 2. The van der Waals surface area contributed by atoms with E-state index in [1.807, 2.05) is 0 Å². The molecule has 2 N–H and O–H groups in total. The average Bonchev–Trinajstić information content (AvgIpc) is 2.14. The highest BCUT2D eigenvalue weighted by Gasteiger charge is 2.15. The van der Waals surface area contributed by atoms with Crippen LogP contribution >= 0.6 is 15.9 Å². The van der Waals surface area contributed by atoms with Gasteiger partial charge in [-0.25, -0.2) is 4.39 Å². The van der Waals surface area contributed by atoms with Crippen molar-refractivity contribution in [1.29, 1.82) is 0 Å². The van der Waals surface area contributed by atoms with Gasteiger partial charge in [-0.05, 0) is 30.2 Å². The molecule has 0 aliphatic heterocycles. The summed E-state index contributed by atoms with van der Waals surface area (Å²) in [5, 5.41) is 18.9. The van der Waals surface area contributed by atoms with E-state index in [-0.39, 0.29) is 12.2 Å². The molecule has 2 unspecified atom stereocenters. The lowest BCUT2D eigenvalue weighted by Crippen LogP contribution is -2.27. The molecule has 0 saturated heterocycles. The monoisotopic (exact) mass is 276 g/mol. The minimum atomic E-state index is -0.844. The number of aliphatic hydroxyl groups excluding tert-OH is 2. The molecule has 4 heteroatoms. The standard InChI is InChI=1S/C11H14BrFO2/c1-2-10(14)11(15)5-7-3-8(12)6-9(13)4-7/h3-4,6,10-11,14-15H,2,5H2,1H3. The molecule has 0 heterocycles. The van der Waals surface area contributed by atoms with E-state index in [0.717, 1.165) is 0 Å². The van der Waals surface area contributed by atoms with E-state index in [1.54, 1.807) is 13.0 Å². The van der Waals surface area contributed by atoms with Gasteiger partial charge in [0.15, 0.2) is 0 Å². The van der Waals surface area contributed by atoms with E-state index in [9.17, 15) is 14.6 Å². The van der Waals surface area contributed by atoms with Gasteiger partial charge in [0.1, 0.15) is 5.82 Å². The zero-order chi connectivity index (χ0) is 11.4. The van der Waals surface area contributed by atoms with Crippen LogP contribution in [0.4, 0.5) is 4.39 Å². The molecule has 0 bridgehead atoms. The van der Waals surface area contributed by atoms with Crippen LogP contribution in [0.15, 0.2) is 22.7 Å². The Morgan fingerprint density at radius 1 is 1.27 bits per heavy atom. The van der Waals surface area contributed by atoms with Crippen LogP contribution in [0.3, 0.4) is 0 Å². The molecule has 2 atom stereocenters. The Bertz CT molecular complexity index is 310. The molecule has 0 spiro atoms. The van der Waals surface area contributed by atoms with Crippen molar-refractivity contribution in [3.05, 3.63) is 34.1 Å². The molecule has 84 valence electrons. The van der Waals surface area contributed by atoms with E-state index < -0.39 is 12.2 Å². The minimum absolute atomic E-state index is 0.255. The van der Waals surface area contributed by atoms with Gasteiger partial charge in [-0.1, -0.05) is 22.9 Å². The van der Waals surface area contributed by atoms with E-state index in [4.69, 9.17) is 0 Å². The van der Waals surface area contributed by atoms with E-state index in [2.05, 4.69) is 15.9 Å². The van der Waals surface area contributed by atoms with Crippen molar-refractivity contribution in [3.8, 4) is 0 Å². The SMILES string of the molecule is CCC(O)C(O)Cc1cc(F)cc(Br)c1. The first-order valence-electron chi connectivity index (χ1n) is 4.84. The Morgan fingerprint density at radius 3 is 2.47 bits per heavy atom. The second kappa shape index (κ2) is 5.58. The maximum absolute atomic E-state index is 13.0. The Hall–Kier alpha value is -0.450. The molecule has 0 radical (unpaired) electrons. The summed E-state index contributed by atoms with van der Waals surface area (Å²) in [4.78, 5) is 0. The zero-order valence-corrected chi connectivity index (χ0v) is 10.0. The second-order valence-corrected chi connectivity index (χ2v) is 4.44. The molecule has 1 rings (SSSR count). The summed E-state index contributed by atoms with van der Waals surface area (Å²) in [6.07, 6.45) is -0.862. The van der Waals surface area contributed by atoms with Gasteiger partial charge < -0.3 is 10.2 Å². The Balaban J connectivity index is 2.72. The van der Waals surface area contributed by atoms with Crippen LogP contribution in [0.1, 0.15) is 18.9 Å². The van der Waals surface area contributed by atoms with Crippen molar-refractivity contribution >= 4 is 15.9 Å². The summed E-state index contributed by atoms with van der Waals surface area (Å²) in [7, 11) is 0. The lowest BCUT2D eigenvalue weighted by molar-refractivity contribution is 0.0181. The van der Waals surface area contributed by atoms with Crippen molar-refractivity contribution in [2.75, 3.05) is 0 Å². The van der Waals surface area contributed by atoms with Crippen LogP contribution in [-0.2, 0) is 6.42 Å². The molecular weight excluding hydrogens is 263 g/mol. The van der Waals surface area contributed by atoms with E-state index >= 15 is 0 Å². The van der Waals surface area contributed by atoms with E-state index in [0.29, 0.717) is 16.5 Å². The maximum Gasteiger partial charge on any atom is 0.124 e. The molecule has 2 nitrogen and oxygen atoms in total. The Morgan fingerprint density at radius 2 is 1.93 bits per heavy atom. The van der Waals surface area contributed by atoms with Gasteiger partial charge in [-0.3, -0.25) is 0 Å². The van der Waals surface area contributed by atoms with Crippen LogP contribution in [0.2, 0.25) is 0 Å². The number of rotatable bonds is 4. The molecule has 0 amide bonds. The smallest absolute Gasteiger partial charge is 0.124 e. The molecule has 0 aliphatic carbocycles. The molecule has 1 aromatic rings. The summed E-state index contributed by atoms with van der Waals surface area (Å²) in [5.41, 5.74) is 0.668. The molecule has 0 aliphatic rings. The van der Waals surface area contributed by atoms with Gasteiger partial charge in [-0.15, -0.1) is 0 Å². The summed E-state index contributed by atoms with van der Waals surface area (Å²) >= 11 is 3.17. The summed E-state index contributed by atoms with van der Waals surface area (Å²) < 4.78 is 13.6. The van der Waals surface area contributed by atoms with Crippen LogP contribution in [0.25, 0.3) is 0 Å². The summed E-state index contributed by atoms with van der Waals surface area (Å²) in [5.74, 6) is -0.349. The normalized spacial score (nSPS) is 15.0. The maximum atomic E-state index is 13.0. The van der Waals surface area contributed by atoms with E-state index in [1.165, 1.54) is 12.1 Å². The molecule has 0 saturated carbocycles. The summed E-state index contributed by atoms with van der Waals surface area (Å²) in [6.45, 7) is 1.79. The fourth-order valence-electron chi connectivity index (χ4n) is 1.38. The molecule has 1 aromatic carbocycles. The minimum Gasteiger partial charge on any atom is -0.390 e. The summed E-state index contributed by atoms with van der Waals surface area (Å²) in [6, 6.07) is 4.44. The van der Waals surface area contributed by atoms with Gasteiger partial charge in [0.05, 0.1) is 12.2 Å². The first-order valence-corrected chi connectivity index (χ1v) is 5.63. The molecule has 0 aromatic heterocycles. The van der Waals surface area contributed by atoms with Crippen molar-refractivity contribution in [2.24, 2.45) is 0 Å². The molecule has 15 heavy (non-hydrogen) atoms. The number of hydrogen-bond acceptors (Lipinski definition) is 2. The van der Waals surface area contributed by atoms with Gasteiger partial charge in [0.25, 0.3) is 0 Å². The first kappa shape index (κ1) is 12.6. The van der Waals surface area contributed by atoms with Crippen LogP contribution in [-0.4, -0.2) is 22.4 Å². The number of benzene rings is 1. The first-order chi connectivity index (χ1) is 7.02. The predicted molar refractivity (Wildman–Crippen MR) is 60.1 cm³/mol. The van der Waals surface area contributed by atoms with Crippen LogP contribution < -0.4 is 0 Å². The quantitative estimate of drug-likeness (QED) is 0.886. The lowest BCUT2D eigenvalue weighted by Gasteiger charge is -2.16. The van der Waals surface area contributed by atoms with Crippen LogP contribution in [0, 0.1) is 5.82 Å². The lowest BCUT2D eigenvalue weighted by atomic mass is 10.0. The Kier molecular flexibility index (Phi) is 4.70. The molecular formula is C11H14BrFO2. The second-order valence-electron chi connectivity index (χ2n) is 3.52. The van der Waals surface area contributed by atoms with Crippen molar-refractivity contribution in [1.82, 2.24) is 0 Å². The van der Waals surface area contributed by atoms with Crippen LogP contribution in [0.5, 0.6) is 0 Å². The largest absolute Gasteiger partial charge is 0.390 e. The fourth-order valence-corrected chi connectivity index (χ4v) is 1.89. The highest BCUT2D eigenvalue weighted by molar-refractivity contribution is 9.10. The third kappa shape index (κ3) is 3.89. The molecule has 0 fully saturated rings. The number of hydrogen-bond donors (Lipinski definition) is 2. The van der Waals surface area contributed by atoms with Crippen molar-refractivity contribution in [3.63, 3.8) is 0 Å². The average molecular weight is 277 g/mol. The van der Waals surface area contributed by atoms with Gasteiger partial charge in [-0.2, -0.15) is 0 Å². The van der Waals surface area contributed by atoms with Gasteiger partial charge >= 0.3 is 0 Å². The Labute approximate surface area is 96.9 Å². The fraction of sp³-hybridized carbons (Fsp3) is 0.455. The highest BCUT2D eigenvalue weighted by atomic mass is 79.9. The zero-order valence-electron chi connectivity index (χ0n) is 8.45. The van der Waals surface area contributed by atoms with Gasteiger partial charge in [0, 0.05) is 10.9 Å². The van der Waals surface area contributed by atoms with Crippen molar-refractivity contribution < 1.29 is 14.6 Å². The van der Waals surface area contributed by atoms with Gasteiger partial charge in [0.2, 0.25) is 0 Å². The topological polar surface area (TPSA) is 40.5 Å². The van der Waals surface area contributed by atoms with Crippen molar-refractivity contribution in [2.45, 2.75) is 32.0 Å².